The SMILES string of the molecule is CCC(C)(C)Cc1c[n]([Tl])c(CCc2ccc(Br)cn2)n1. The van der Waals surface area contributed by atoms with E-state index in [2.05, 4.69) is 56.3 Å². The zero-order valence-corrected chi connectivity index (χ0v) is 19.0. The van der Waals surface area contributed by atoms with Gasteiger partial charge in [0.25, 0.3) is 0 Å². The van der Waals surface area contributed by atoms with Crippen LogP contribution in [0, 0.1) is 5.41 Å². The van der Waals surface area contributed by atoms with Crippen molar-refractivity contribution in [3.63, 3.8) is 0 Å². The van der Waals surface area contributed by atoms with Gasteiger partial charge in [-0.05, 0) is 0 Å². The molecule has 0 saturated heterocycles. The fraction of sp³-hybridized carbons (Fsp3) is 0.500. The number of hydrogen-bond acceptors (Lipinski definition) is 2. The minimum absolute atomic E-state index is 0.337. The molecule has 0 aromatic carbocycles. The molecule has 0 saturated carbocycles. The summed E-state index contributed by atoms with van der Waals surface area (Å²) in [5, 5.41) is 0. The predicted octanol–water partition coefficient (Wildman–Crippen LogP) is 3.74. The van der Waals surface area contributed by atoms with E-state index in [0.717, 1.165) is 55.5 Å². The second-order valence-corrected chi connectivity index (χ2v) is 9.30. The van der Waals surface area contributed by atoms with Crippen LogP contribution in [0.2, 0.25) is 0 Å². The van der Waals surface area contributed by atoms with Crippen LogP contribution in [0.4, 0.5) is 0 Å². The Morgan fingerprint density at radius 1 is 1.24 bits per heavy atom. The van der Waals surface area contributed by atoms with Crippen molar-refractivity contribution >= 4 is 42.0 Å². The van der Waals surface area contributed by atoms with Gasteiger partial charge in [-0.2, -0.15) is 0 Å². The molecule has 0 aliphatic heterocycles. The van der Waals surface area contributed by atoms with Crippen LogP contribution < -0.4 is 0 Å². The summed E-state index contributed by atoms with van der Waals surface area (Å²) in [6.07, 6.45) is 8.27. The molecule has 2 aromatic heterocycles. The first-order chi connectivity index (χ1) is 9.89. The molecular formula is C16H21BrN3Tl. The first kappa shape index (κ1) is 17.1. The summed E-state index contributed by atoms with van der Waals surface area (Å²) < 4.78 is 3.35. The van der Waals surface area contributed by atoms with Crippen LogP contribution in [0.3, 0.4) is 0 Å². The average molecular weight is 540 g/mol. The molecule has 0 fully saturated rings. The van der Waals surface area contributed by atoms with Crippen LogP contribution in [-0.4, -0.2) is 38.4 Å². The van der Waals surface area contributed by atoms with Crippen LogP contribution >= 0.6 is 15.9 Å². The Morgan fingerprint density at radius 2 is 2.00 bits per heavy atom. The summed E-state index contributed by atoms with van der Waals surface area (Å²) in [6.45, 7) is 6.87. The first-order valence-electron chi connectivity index (χ1n) is 7.32. The van der Waals surface area contributed by atoms with Gasteiger partial charge in [0.1, 0.15) is 0 Å². The zero-order chi connectivity index (χ0) is 15.5. The molecule has 2 rings (SSSR count). The Kier molecular flexibility index (Phi) is 5.99. The van der Waals surface area contributed by atoms with E-state index < -0.39 is 0 Å². The van der Waals surface area contributed by atoms with Crippen LogP contribution in [0.5, 0.6) is 0 Å². The van der Waals surface area contributed by atoms with Crippen molar-refractivity contribution in [1.29, 1.82) is 0 Å². The molecule has 3 nitrogen and oxygen atoms in total. The summed E-state index contributed by atoms with van der Waals surface area (Å²) in [5.74, 6) is 1.21. The van der Waals surface area contributed by atoms with Gasteiger partial charge in [-0.15, -0.1) is 0 Å². The molecular weight excluding hydrogens is 518 g/mol. The third kappa shape index (κ3) is 5.16. The monoisotopic (exact) mass is 539 g/mol. The first-order valence-corrected chi connectivity index (χ1v) is 10.1. The summed E-state index contributed by atoms with van der Waals surface area (Å²) in [5.41, 5.74) is 2.70. The van der Waals surface area contributed by atoms with E-state index in [0.29, 0.717) is 5.41 Å². The van der Waals surface area contributed by atoms with Crippen molar-refractivity contribution in [3.05, 3.63) is 46.2 Å². The van der Waals surface area contributed by atoms with E-state index in [1.807, 2.05) is 12.3 Å². The summed E-state index contributed by atoms with van der Waals surface area (Å²) >= 11 is 4.19. The molecule has 0 bridgehead atoms. The van der Waals surface area contributed by atoms with Gasteiger partial charge in [-0.25, -0.2) is 0 Å². The Labute approximate surface area is 151 Å². The number of aromatic nitrogens is 3. The maximum absolute atomic E-state index is 4.84. The topological polar surface area (TPSA) is 30.7 Å². The molecule has 0 atom stereocenters. The molecule has 0 spiro atoms. The van der Waals surface area contributed by atoms with Crippen LogP contribution in [0.15, 0.2) is 29.0 Å². The normalized spacial score (nSPS) is 11.8. The third-order valence-electron chi connectivity index (χ3n) is 3.87. The summed E-state index contributed by atoms with van der Waals surface area (Å²) in [6, 6.07) is 4.13. The van der Waals surface area contributed by atoms with Gasteiger partial charge >= 0.3 is 152 Å². The third-order valence-corrected chi connectivity index (χ3v) is 6.08. The van der Waals surface area contributed by atoms with E-state index >= 15 is 0 Å². The van der Waals surface area contributed by atoms with Gasteiger partial charge in [0.05, 0.1) is 0 Å². The van der Waals surface area contributed by atoms with Gasteiger partial charge in [0.2, 0.25) is 0 Å². The molecule has 0 aliphatic carbocycles. The van der Waals surface area contributed by atoms with E-state index in [-0.39, 0.29) is 0 Å². The van der Waals surface area contributed by atoms with Gasteiger partial charge in [0, 0.05) is 0 Å². The van der Waals surface area contributed by atoms with Crippen LogP contribution in [-0.2, 0) is 19.3 Å². The van der Waals surface area contributed by atoms with Gasteiger partial charge in [-0.3, -0.25) is 0 Å². The minimum atomic E-state index is 0.337. The summed E-state index contributed by atoms with van der Waals surface area (Å²) in [4.78, 5) is 9.28. The fourth-order valence-corrected chi connectivity index (χ4v) is 3.80. The maximum atomic E-state index is 4.84. The number of pyridine rings is 1. The molecule has 21 heavy (non-hydrogen) atoms. The Balaban J connectivity index is 2.01. The van der Waals surface area contributed by atoms with Crippen LogP contribution in [0.25, 0.3) is 0 Å². The van der Waals surface area contributed by atoms with Crippen LogP contribution in [0.1, 0.15) is 44.4 Å². The van der Waals surface area contributed by atoms with Crippen molar-refractivity contribution in [2.24, 2.45) is 5.41 Å². The average Bonchev–Trinajstić information content (AvgIpc) is 2.77. The summed E-state index contributed by atoms with van der Waals surface area (Å²) in [7, 11) is 0. The molecule has 0 radical (unpaired) electrons. The molecule has 2 heterocycles. The van der Waals surface area contributed by atoms with E-state index in [1.54, 1.807) is 0 Å². The van der Waals surface area contributed by atoms with Crippen molar-refractivity contribution in [1.82, 2.24) is 12.3 Å². The number of aryl methyl sites for hydroxylation is 2. The quantitative estimate of drug-likeness (QED) is 0.524. The van der Waals surface area contributed by atoms with Crippen molar-refractivity contribution in [2.45, 2.75) is 46.5 Å². The Hall–Kier alpha value is -0.238. The van der Waals surface area contributed by atoms with Crippen molar-refractivity contribution < 1.29 is 0 Å². The predicted molar refractivity (Wildman–Crippen MR) is 90.5 cm³/mol. The van der Waals surface area contributed by atoms with Gasteiger partial charge in [0.15, 0.2) is 0 Å². The number of nitrogens with zero attached hydrogens (tertiary/aromatic N) is 3. The van der Waals surface area contributed by atoms with Crippen molar-refractivity contribution in [2.75, 3.05) is 0 Å². The molecule has 0 unspecified atom stereocenters. The second kappa shape index (κ2) is 7.35. The van der Waals surface area contributed by atoms with E-state index in [4.69, 9.17) is 4.98 Å². The van der Waals surface area contributed by atoms with Gasteiger partial charge in [-0.1, -0.05) is 0 Å². The van der Waals surface area contributed by atoms with Crippen molar-refractivity contribution in [3.8, 4) is 0 Å². The van der Waals surface area contributed by atoms with Gasteiger partial charge < -0.3 is 0 Å². The Morgan fingerprint density at radius 3 is 2.62 bits per heavy atom. The molecule has 0 aliphatic rings. The molecule has 0 amide bonds. The number of imidazole rings is 1. The van der Waals surface area contributed by atoms with E-state index in [9.17, 15) is 0 Å². The fourth-order valence-electron chi connectivity index (χ4n) is 2.17. The standard InChI is InChI=1S/C16H21BrN3.Tl/c1-4-16(2,3)9-14-11-19-15(20-14)8-7-13-6-5-12(17)10-18-13;/h5-6,10-11H,4,7-9H2,1-3H3;/q-1;+1. The second-order valence-electron chi connectivity index (χ2n) is 6.22. The number of halogens is 1. The van der Waals surface area contributed by atoms with E-state index in [1.165, 1.54) is 17.9 Å². The molecule has 110 valence electrons. The Bertz CT molecular complexity index is 590. The molecule has 2 aromatic rings. The molecule has 0 N–H and O–H groups in total. The number of hydrogen-bond donors (Lipinski definition) is 0. The number of rotatable bonds is 6. The zero-order valence-electron chi connectivity index (χ0n) is 12.9. The molecule has 5 heteroatoms.